The fourth-order valence-corrected chi connectivity index (χ4v) is 2.84. The molecule has 2 aromatic carbocycles. The summed E-state index contributed by atoms with van der Waals surface area (Å²) in [6, 6.07) is 12.6. The van der Waals surface area contributed by atoms with Crippen molar-refractivity contribution >= 4 is 39.1 Å². The predicted molar refractivity (Wildman–Crippen MR) is 90.5 cm³/mol. The number of amides is 1. The van der Waals surface area contributed by atoms with E-state index >= 15 is 0 Å². The third kappa shape index (κ3) is 4.22. The van der Waals surface area contributed by atoms with Gasteiger partial charge in [-0.2, -0.15) is 0 Å². The number of rotatable bonds is 4. The molecule has 0 spiro atoms. The molecule has 21 heavy (non-hydrogen) atoms. The molecule has 0 aliphatic carbocycles. The minimum Gasteiger partial charge on any atom is -0.399 e. The quantitative estimate of drug-likeness (QED) is 0.778. The van der Waals surface area contributed by atoms with E-state index < -0.39 is 0 Å². The van der Waals surface area contributed by atoms with Gasteiger partial charge in [0.2, 0.25) is 0 Å². The minimum absolute atomic E-state index is 0.0867. The van der Waals surface area contributed by atoms with Gasteiger partial charge in [0.1, 0.15) is 0 Å². The predicted octanol–water partition coefficient (Wildman–Crippen LogP) is 4.57. The lowest BCUT2D eigenvalue weighted by Crippen LogP contribution is -2.28. The van der Waals surface area contributed by atoms with Gasteiger partial charge in [0.25, 0.3) is 5.91 Å². The van der Waals surface area contributed by atoms with Crippen molar-refractivity contribution in [2.75, 3.05) is 5.73 Å². The second-order valence-electron chi connectivity index (χ2n) is 4.76. The summed E-state index contributed by atoms with van der Waals surface area (Å²) in [6.07, 6.45) is 0.773. The van der Waals surface area contributed by atoms with Crippen LogP contribution in [0.3, 0.4) is 0 Å². The van der Waals surface area contributed by atoms with Crippen LogP contribution in [0.25, 0.3) is 0 Å². The van der Waals surface area contributed by atoms with Crippen LogP contribution < -0.4 is 11.1 Å². The van der Waals surface area contributed by atoms with Gasteiger partial charge < -0.3 is 11.1 Å². The Kier molecular flexibility index (Phi) is 5.26. The highest BCUT2D eigenvalue weighted by Crippen LogP contribution is 2.22. The molecular formula is C16H16BrClN2O. The topological polar surface area (TPSA) is 55.1 Å². The van der Waals surface area contributed by atoms with E-state index in [1.165, 1.54) is 0 Å². The molecule has 0 aliphatic rings. The van der Waals surface area contributed by atoms with E-state index in [9.17, 15) is 4.79 Å². The van der Waals surface area contributed by atoms with Crippen LogP contribution in [-0.2, 0) is 0 Å². The van der Waals surface area contributed by atoms with Crippen LogP contribution in [0, 0.1) is 0 Å². The average molecular weight is 368 g/mol. The summed E-state index contributed by atoms with van der Waals surface area (Å²) in [5.41, 5.74) is 7.83. The standard InChI is InChI=1S/C16H16BrClN2O/c1-2-15(10-4-3-5-13(18)7-10)20-16(21)11-6-12(17)9-14(19)8-11/h3-9,15H,2,19H2,1H3,(H,20,21). The first-order valence-electron chi connectivity index (χ1n) is 6.62. The summed E-state index contributed by atoms with van der Waals surface area (Å²) in [7, 11) is 0. The van der Waals surface area contributed by atoms with E-state index in [-0.39, 0.29) is 11.9 Å². The molecule has 0 radical (unpaired) electrons. The largest absolute Gasteiger partial charge is 0.399 e. The lowest BCUT2D eigenvalue weighted by Gasteiger charge is -2.18. The van der Waals surface area contributed by atoms with Crippen molar-refractivity contribution in [2.45, 2.75) is 19.4 Å². The van der Waals surface area contributed by atoms with E-state index in [0.29, 0.717) is 16.3 Å². The third-order valence-electron chi connectivity index (χ3n) is 3.15. The van der Waals surface area contributed by atoms with Crippen molar-refractivity contribution in [2.24, 2.45) is 0 Å². The van der Waals surface area contributed by atoms with E-state index in [0.717, 1.165) is 16.5 Å². The van der Waals surface area contributed by atoms with Crippen LogP contribution in [0.4, 0.5) is 5.69 Å². The van der Waals surface area contributed by atoms with Gasteiger partial charge >= 0.3 is 0 Å². The molecule has 0 saturated carbocycles. The van der Waals surface area contributed by atoms with E-state index in [2.05, 4.69) is 21.2 Å². The number of hydrogen-bond acceptors (Lipinski definition) is 2. The Labute approximate surface area is 137 Å². The highest BCUT2D eigenvalue weighted by Gasteiger charge is 2.15. The van der Waals surface area contributed by atoms with Gasteiger partial charge in [0.15, 0.2) is 0 Å². The SMILES string of the molecule is CCC(NC(=O)c1cc(N)cc(Br)c1)c1cccc(Cl)c1. The molecule has 0 aliphatic heterocycles. The number of benzene rings is 2. The molecule has 0 heterocycles. The number of halogens is 2. The Morgan fingerprint density at radius 2 is 2.10 bits per heavy atom. The highest BCUT2D eigenvalue weighted by atomic mass is 79.9. The molecule has 2 aromatic rings. The number of nitrogens with two attached hydrogens (primary N) is 1. The first-order chi connectivity index (χ1) is 9.99. The Balaban J connectivity index is 2.20. The number of carbonyl (C=O) groups excluding carboxylic acids is 1. The fraction of sp³-hybridized carbons (Fsp3) is 0.188. The normalized spacial score (nSPS) is 12.0. The first-order valence-corrected chi connectivity index (χ1v) is 7.79. The summed E-state index contributed by atoms with van der Waals surface area (Å²) in [5.74, 6) is -0.158. The molecule has 2 rings (SSSR count). The highest BCUT2D eigenvalue weighted by molar-refractivity contribution is 9.10. The lowest BCUT2D eigenvalue weighted by molar-refractivity contribution is 0.0935. The molecule has 0 aromatic heterocycles. The van der Waals surface area contributed by atoms with Gasteiger partial charge in [-0.05, 0) is 42.3 Å². The summed E-state index contributed by atoms with van der Waals surface area (Å²) >= 11 is 9.35. The smallest absolute Gasteiger partial charge is 0.251 e. The minimum atomic E-state index is -0.158. The second kappa shape index (κ2) is 6.96. The van der Waals surface area contributed by atoms with Gasteiger partial charge in [-0.25, -0.2) is 0 Å². The van der Waals surface area contributed by atoms with Gasteiger partial charge in [-0.1, -0.05) is 46.6 Å². The van der Waals surface area contributed by atoms with Crippen molar-refractivity contribution in [3.05, 3.63) is 63.1 Å². The first kappa shape index (κ1) is 15.9. The summed E-state index contributed by atoms with van der Waals surface area (Å²) in [6.45, 7) is 2.02. The van der Waals surface area contributed by atoms with Crippen molar-refractivity contribution in [3.8, 4) is 0 Å². The molecule has 0 fully saturated rings. The Morgan fingerprint density at radius 1 is 1.33 bits per heavy atom. The second-order valence-corrected chi connectivity index (χ2v) is 6.11. The molecule has 110 valence electrons. The summed E-state index contributed by atoms with van der Waals surface area (Å²) in [5, 5.41) is 3.67. The van der Waals surface area contributed by atoms with Crippen molar-refractivity contribution in [3.63, 3.8) is 0 Å². The molecule has 1 atom stereocenters. The number of nitrogen functional groups attached to an aromatic ring is 1. The molecule has 0 saturated heterocycles. The Hall–Kier alpha value is -1.52. The molecular weight excluding hydrogens is 352 g/mol. The maximum absolute atomic E-state index is 12.4. The zero-order valence-corrected chi connectivity index (χ0v) is 13.9. The van der Waals surface area contributed by atoms with Crippen LogP contribution in [0.15, 0.2) is 46.9 Å². The molecule has 1 unspecified atom stereocenters. The zero-order chi connectivity index (χ0) is 15.4. The molecule has 5 heteroatoms. The molecule has 3 N–H and O–H groups in total. The Bertz CT molecular complexity index is 640. The van der Waals surface area contributed by atoms with Gasteiger partial charge in [0, 0.05) is 20.7 Å². The molecule has 1 amide bonds. The molecule has 0 bridgehead atoms. The lowest BCUT2D eigenvalue weighted by atomic mass is 10.0. The number of anilines is 1. The zero-order valence-electron chi connectivity index (χ0n) is 11.6. The van der Waals surface area contributed by atoms with Gasteiger partial charge in [-0.15, -0.1) is 0 Å². The maximum atomic E-state index is 12.4. The van der Waals surface area contributed by atoms with Crippen LogP contribution in [-0.4, -0.2) is 5.91 Å². The fourth-order valence-electron chi connectivity index (χ4n) is 2.13. The third-order valence-corrected chi connectivity index (χ3v) is 3.84. The molecule has 3 nitrogen and oxygen atoms in total. The van der Waals surface area contributed by atoms with Crippen LogP contribution in [0.5, 0.6) is 0 Å². The van der Waals surface area contributed by atoms with Gasteiger partial charge in [-0.3, -0.25) is 4.79 Å². The summed E-state index contributed by atoms with van der Waals surface area (Å²) < 4.78 is 0.781. The van der Waals surface area contributed by atoms with Crippen molar-refractivity contribution < 1.29 is 4.79 Å². The van der Waals surface area contributed by atoms with Crippen LogP contribution in [0.1, 0.15) is 35.3 Å². The van der Waals surface area contributed by atoms with Crippen LogP contribution in [0.2, 0.25) is 5.02 Å². The number of carbonyl (C=O) groups is 1. The summed E-state index contributed by atoms with van der Waals surface area (Å²) in [4.78, 5) is 12.4. The van der Waals surface area contributed by atoms with Crippen molar-refractivity contribution in [1.29, 1.82) is 0 Å². The van der Waals surface area contributed by atoms with E-state index in [1.807, 2.05) is 31.2 Å². The van der Waals surface area contributed by atoms with Crippen LogP contribution >= 0.6 is 27.5 Å². The van der Waals surface area contributed by atoms with E-state index in [1.54, 1.807) is 18.2 Å². The maximum Gasteiger partial charge on any atom is 0.251 e. The van der Waals surface area contributed by atoms with E-state index in [4.69, 9.17) is 17.3 Å². The van der Waals surface area contributed by atoms with Gasteiger partial charge in [0.05, 0.1) is 6.04 Å². The Morgan fingerprint density at radius 3 is 2.71 bits per heavy atom. The average Bonchev–Trinajstić information content (AvgIpc) is 2.43. The number of hydrogen-bond donors (Lipinski definition) is 2. The monoisotopic (exact) mass is 366 g/mol. The van der Waals surface area contributed by atoms with Crippen molar-refractivity contribution in [1.82, 2.24) is 5.32 Å². The number of nitrogens with one attached hydrogen (secondary N) is 1.